The number of rotatable bonds is 3. The average Bonchev–Trinajstić information content (AvgIpc) is 2.66. The van der Waals surface area contributed by atoms with Crippen molar-refractivity contribution in [3.05, 3.63) is 27.9 Å². The molecule has 0 radical (unpaired) electrons. The normalized spacial score (nSPS) is 18.0. The van der Waals surface area contributed by atoms with Crippen molar-refractivity contribution < 1.29 is 14.5 Å². The van der Waals surface area contributed by atoms with Crippen LogP contribution in [0.2, 0.25) is 0 Å². The lowest BCUT2D eigenvalue weighted by atomic mass is 10.2. The Balaban J connectivity index is 2.24. The smallest absolute Gasteiger partial charge is 0.305 e. The number of nitro groups is 1. The van der Waals surface area contributed by atoms with E-state index in [2.05, 4.69) is 10.3 Å². The molecule has 102 valence electrons. The van der Waals surface area contributed by atoms with Gasteiger partial charge >= 0.3 is 5.69 Å². The zero-order chi connectivity index (χ0) is 14.9. The van der Waals surface area contributed by atoms with Gasteiger partial charge in [-0.15, -0.1) is 0 Å². The van der Waals surface area contributed by atoms with Gasteiger partial charge in [0, 0.05) is 13.1 Å². The van der Waals surface area contributed by atoms with Gasteiger partial charge in [0.1, 0.15) is 17.9 Å². The van der Waals surface area contributed by atoms with Crippen LogP contribution in [0.3, 0.4) is 0 Å². The lowest BCUT2D eigenvalue weighted by Crippen LogP contribution is -2.32. The van der Waals surface area contributed by atoms with Gasteiger partial charge in [0.15, 0.2) is 0 Å². The molecule has 1 aliphatic rings. The maximum atomic E-state index is 11.7. The van der Waals surface area contributed by atoms with Crippen LogP contribution in [0.25, 0.3) is 0 Å². The van der Waals surface area contributed by atoms with Gasteiger partial charge in [0.25, 0.3) is 5.91 Å². The number of hydrogen-bond acceptors (Lipinski definition) is 7. The van der Waals surface area contributed by atoms with Crippen molar-refractivity contribution in [3.63, 3.8) is 0 Å². The van der Waals surface area contributed by atoms with E-state index in [0.717, 1.165) is 11.0 Å². The Morgan fingerprint density at radius 3 is 2.75 bits per heavy atom. The summed E-state index contributed by atoms with van der Waals surface area (Å²) in [7, 11) is 1.37. The molecule has 0 saturated carbocycles. The summed E-state index contributed by atoms with van der Waals surface area (Å²) < 4.78 is 0. The number of imide groups is 1. The zero-order valence-corrected chi connectivity index (χ0v) is 10.4. The van der Waals surface area contributed by atoms with Crippen LogP contribution in [0.15, 0.2) is 12.1 Å². The van der Waals surface area contributed by atoms with Crippen molar-refractivity contribution >= 4 is 23.3 Å². The minimum absolute atomic E-state index is 0.0180. The monoisotopic (exact) mass is 275 g/mol. The third kappa shape index (κ3) is 2.26. The molecule has 1 unspecified atom stereocenters. The first kappa shape index (κ1) is 13.4. The molecular weight excluding hydrogens is 266 g/mol. The largest absolute Gasteiger partial charge is 0.358 e. The van der Waals surface area contributed by atoms with E-state index in [0.29, 0.717) is 0 Å². The van der Waals surface area contributed by atoms with Crippen LogP contribution in [0.5, 0.6) is 0 Å². The minimum Gasteiger partial charge on any atom is -0.358 e. The van der Waals surface area contributed by atoms with E-state index in [4.69, 9.17) is 5.26 Å². The van der Waals surface area contributed by atoms with Crippen molar-refractivity contribution in [1.29, 1.82) is 5.26 Å². The van der Waals surface area contributed by atoms with Crippen LogP contribution in [0, 0.1) is 21.4 Å². The van der Waals surface area contributed by atoms with Crippen molar-refractivity contribution in [1.82, 2.24) is 9.88 Å². The number of nitriles is 1. The van der Waals surface area contributed by atoms with Crippen LogP contribution in [-0.4, -0.2) is 39.7 Å². The van der Waals surface area contributed by atoms with E-state index < -0.39 is 22.6 Å². The number of likely N-dealkylation sites (tertiary alicyclic amines) is 1. The molecule has 0 aliphatic carbocycles. The topological polar surface area (TPSA) is 129 Å². The van der Waals surface area contributed by atoms with Crippen molar-refractivity contribution in [3.8, 4) is 6.07 Å². The van der Waals surface area contributed by atoms with E-state index in [9.17, 15) is 19.7 Å². The Morgan fingerprint density at radius 2 is 2.25 bits per heavy atom. The number of nitrogens with zero attached hydrogens (tertiary/aromatic N) is 4. The van der Waals surface area contributed by atoms with Gasteiger partial charge in [-0.25, -0.2) is 4.98 Å². The van der Waals surface area contributed by atoms with Crippen LogP contribution < -0.4 is 5.32 Å². The van der Waals surface area contributed by atoms with Gasteiger partial charge in [-0.3, -0.25) is 24.6 Å². The summed E-state index contributed by atoms with van der Waals surface area (Å²) in [6.45, 7) is 0. The number of anilines is 1. The van der Waals surface area contributed by atoms with E-state index in [1.54, 1.807) is 6.07 Å². The van der Waals surface area contributed by atoms with E-state index >= 15 is 0 Å². The second-order valence-corrected chi connectivity index (χ2v) is 4.13. The highest BCUT2D eigenvalue weighted by Crippen LogP contribution is 2.20. The molecular formula is C11H9N5O4. The Morgan fingerprint density at radius 1 is 1.55 bits per heavy atom. The number of aromatic nitrogens is 1. The van der Waals surface area contributed by atoms with Gasteiger partial charge in [-0.05, 0) is 6.07 Å². The first-order valence-electron chi connectivity index (χ1n) is 5.56. The van der Waals surface area contributed by atoms with Gasteiger partial charge in [0.2, 0.25) is 11.6 Å². The second-order valence-electron chi connectivity index (χ2n) is 4.13. The molecule has 1 saturated heterocycles. The van der Waals surface area contributed by atoms with E-state index in [-0.39, 0.29) is 23.8 Å². The summed E-state index contributed by atoms with van der Waals surface area (Å²) in [5.41, 5.74) is -0.769. The summed E-state index contributed by atoms with van der Waals surface area (Å²) in [5, 5.41) is 22.2. The van der Waals surface area contributed by atoms with Crippen LogP contribution >= 0.6 is 0 Å². The molecule has 1 aliphatic heterocycles. The zero-order valence-electron chi connectivity index (χ0n) is 10.4. The summed E-state index contributed by atoms with van der Waals surface area (Å²) in [5.74, 6) is -0.600. The highest BCUT2D eigenvalue weighted by Gasteiger charge is 2.36. The summed E-state index contributed by atoms with van der Waals surface area (Å²) >= 11 is 0. The predicted octanol–water partition coefficient (Wildman–Crippen LogP) is 0.0307. The first-order chi connectivity index (χ1) is 9.43. The number of nitrogens with one attached hydrogen (secondary N) is 1. The highest BCUT2D eigenvalue weighted by atomic mass is 16.6. The summed E-state index contributed by atoms with van der Waals surface area (Å²) in [6, 6.07) is 3.26. The molecule has 1 N–H and O–H groups in total. The van der Waals surface area contributed by atoms with Crippen molar-refractivity contribution in [2.75, 3.05) is 12.4 Å². The van der Waals surface area contributed by atoms with Gasteiger partial charge in [0.05, 0.1) is 11.3 Å². The standard InChI is InChI=1S/C11H9N5O4/c1-15-10(17)4-6(11(15)18)13-9-3-2-8(16(19)20)7(5-12)14-9/h2-3,6H,4H2,1H3,(H,13,14). The Hall–Kier alpha value is -3.02. The molecule has 0 aromatic carbocycles. The van der Waals surface area contributed by atoms with Gasteiger partial charge in [-0.2, -0.15) is 5.26 Å². The lowest BCUT2D eigenvalue weighted by Gasteiger charge is -2.11. The van der Waals surface area contributed by atoms with Gasteiger partial charge in [-0.1, -0.05) is 0 Å². The molecule has 2 heterocycles. The van der Waals surface area contributed by atoms with Crippen molar-refractivity contribution in [2.24, 2.45) is 0 Å². The summed E-state index contributed by atoms with van der Waals surface area (Å²) in [6.07, 6.45) is -0.0180. The number of carbonyl (C=O) groups excluding carboxylic acids is 2. The maximum Gasteiger partial charge on any atom is 0.305 e. The fourth-order valence-electron chi connectivity index (χ4n) is 1.81. The third-order valence-electron chi connectivity index (χ3n) is 2.88. The third-order valence-corrected chi connectivity index (χ3v) is 2.88. The molecule has 9 heteroatoms. The molecule has 20 heavy (non-hydrogen) atoms. The predicted molar refractivity (Wildman–Crippen MR) is 65.4 cm³/mol. The number of amides is 2. The molecule has 1 atom stereocenters. The average molecular weight is 275 g/mol. The van der Waals surface area contributed by atoms with Gasteiger partial charge < -0.3 is 5.32 Å². The number of carbonyl (C=O) groups is 2. The SMILES string of the molecule is CN1C(=O)CC(Nc2ccc([N+](=O)[O-])c(C#N)n2)C1=O. The minimum atomic E-state index is -0.770. The van der Waals surface area contributed by atoms with Crippen LogP contribution in [0.4, 0.5) is 11.5 Å². The molecule has 1 aromatic heterocycles. The fraction of sp³-hybridized carbons (Fsp3) is 0.273. The molecule has 9 nitrogen and oxygen atoms in total. The molecule has 0 spiro atoms. The number of hydrogen-bond donors (Lipinski definition) is 1. The first-order valence-corrected chi connectivity index (χ1v) is 5.56. The maximum absolute atomic E-state index is 11.7. The molecule has 2 rings (SSSR count). The fourth-order valence-corrected chi connectivity index (χ4v) is 1.81. The highest BCUT2D eigenvalue weighted by molar-refractivity contribution is 6.06. The van der Waals surface area contributed by atoms with E-state index in [1.807, 2.05) is 0 Å². The molecule has 1 fully saturated rings. The van der Waals surface area contributed by atoms with E-state index in [1.165, 1.54) is 13.1 Å². The Bertz CT molecular complexity index is 651. The quantitative estimate of drug-likeness (QED) is 0.468. The number of pyridine rings is 1. The van der Waals surface area contributed by atoms with Crippen LogP contribution in [0.1, 0.15) is 12.1 Å². The lowest BCUT2D eigenvalue weighted by molar-refractivity contribution is -0.385. The van der Waals surface area contributed by atoms with Crippen molar-refractivity contribution in [2.45, 2.75) is 12.5 Å². The van der Waals surface area contributed by atoms with Crippen LogP contribution in [-0.2, 0) is 9.59 Å². The molecule has 0 bridgehead atoms. The number of likely N-dealkylation sites (N-methyl/N-ethyl adjacent to an activating group) is 1. The summed E-state index contributed by atoms with van der Waals surface area (Å²) in [4.78, 5) is 37.8. The Kier molecular flexibility index (Phi) is 3.30. The molecule has 1 aromatic rings. The Labute approximate surface area is 113 Å². The second kappa shape index (κ2) is 4.93. The molecule has 2 amide bonds.